The first-order chi connectivity index (χ1) is 11.5. The summed E-state index contributed by atoms with van der Waals surface area (Å²) >= 11 is 6.91. The van der Waals surface area contributed by atoms with Gasteiger partial charge in [0.1, 0.15) is 4.88 Å². The second-order valence-electron chi connectivity index (χ2n) is 5.17. The van der Waals surface area contributed by atoms with Crippen molar-refractivity contribution in [3.05, 3.63) is 63.8 Å². The van der Waals surface area contributed by atoms with Crippen LogP contribution in [-0.4, -0.2) is 18.0 Å². The summed E-state index contributed by atoms with van der Waals surface area (Å²) in [7, 11) is 0. The summed E-state index contributed by atoms with van der Waals surface area (Å²) in [6.45, 7) is 1.54. The van der Waals surface area contributed by atoms with Crippen LogP contribution in [-0.2, 0) is 9.53 Å². The average molecular weight is 360 g/mol. The van der Waals surface area contributed by atoms with Crippen molar-refractivity contribution in [2.24, 2.45) is 0 Å². The lowest BCUT2D eigenvalue weighted by Gasteiger charge is -2.14. The molecule has 4 nitrogen and oxygen atoms in total. The third-order valence-corrected chi connectivity index (χ3v) is 4.69. The van der Waals surface area contributed by atoms with E-state index in [1.165, 1.54) is 6.92 Å². The summed E-state index contributed by atoms with van der Waals surface area (Å²) in [4.78, 5) is 24.7. The maximum Gasteiger partial charge on any atom is 0.349 e. The zero-order valence-electron chi connectivity index (χ0n) is 12.8. The fourth-order valence-electron chi connectivity index (χ4n) is 2.26. The van der Waals surface area contributed by atoms with Gasteiger partial charge in [-0.25, -0.2) is 4.79 Å². The van der Waals surface area contributed by atoms with E-state index in [2.05, 4.69) is 5.32 Å². The maximum absolute atomic E-state index is 12.3. The molecule has 2 aromatic carbocycles. The highest BCUT2D eigenvalue weighted by atomic mass is 35.5. The number of anilines is 1. The minimum Gasteiger partial charge on any atom is -0.448 e. The molecule has 0 saturated heterocycles. The summed E-state index contributed by atoms with van der Waals surface area (Å²) in [5.41, 5.74) is 0.681. The summed E-state index contributed by atoms with van der Waals surface area (Å²) in [6.07, 6.45) is -0.919. The van der Waals surface area contributed by atoms with Crippen molar-refractivity contribution in [2.45, 2.75) is 13.0 Å². The number of halogens is 1. The monoisotopic (exact) mass is 359 g/mol. The molecule has 3 aromatic rings. The Morgan fingerprint density at radius 1 is 1.08 bits per heavy atom. The van der Waals surface area contributed by atoms with Crippen LogP contribution in [0.5, 0.6) is 0 Å². The molecular formula is C18H14ClNO3S. The number of thiophene rings is 1. The standard InChI is InChI=1S/C18H14ClNO3S/c1-11(23-18(22)15-9-10-16(19)24-15)17(21)20-14-8-4-6-12-5-2-3-7-13(12)14/h2-11H,1H3,(H,20,21). The molecule has 122 valence electrons. The molecule has 6 heteroatoms. The predicted molar refractivity (Wildman–Crippen MR) is 96.8 cm³/mol. The molecule has 1 amide bonds. The Bertz CT molecular complexity index is 901. The molecule has 1 N–H and O–H groups in total. The third kappa shape index (κ3) is 3.58. The van der Waals surface area contributed by atoms with E-state index >= 15 is 0 Å². The first kappa shape index (κ1) is 16.5. The number of benzene rings is 2. The lowest BCUT2D eigenvalue weighted by atomic mass is 10.1. The maximum atomic E-state index is 12.3. The molecule has 0 aliphatic rings. The number of esters is 1. The molecule has 1 unspecified atom stereocenters. The number of carbonyl (C=O) groups is 2. The number of carbonyl (C=O) groups excluding carboxylic acids is 2. The van der Waals surface area contributed by atoms with Gasteiger partial charge in [-0.2, -0.15) is 0 Å². The van der Waals surface area contributed by atoms with E-state index in [1.54, 1.807) is 12.1 Å². The van der Waals surface area contributed by atoms with Crippen LogP contribution in [0.1, 0.15) is 16.6 Å². The first-order valence-corrected chi connectivity index (χ1v) is 8.49. The predicted octanol–water partition coefficient (Wildman–Crippen LogP) is 4.74. The molecule has 0 fully saturated rings. The van der Waals surface area contributed by atoms with Gasteiger partial charge in [-0.15, -0.1) is 11.3 Å². The van der Waals surface area contributed by atoms with Gasteiger partial charge in [0.2, 0.25) is 0 Å². The molecule has 0 aliphatic heterocycles. The van der Waals surface area contributed by atoms with Crippen LogP contribution in [0.2, 0.25) is 4.34 Å². The molecule has 0 aliphatic carbocycles. The van der Waals surface area contributed by atoms with Crippen LogP contribution in [0, 0.1) is 0 Å². The van der Waals surface area contributed by atoms with Crippen LogP contribution >= 0.6 is 22.9 Å². The fraction of sp³-hybridized carbons (Fsp3) is 0.111. The van der Waals surface area contributed by atoms with Gasteiger partial charge in [0.25, 0.3) is 5.91 Å². The van der Waals surface area contributed by atoms with E-state index in [4.69, 9.17) is 16.3 Å². The van der Waals surface area contributed by atoms with E-state index in [0.29, 0.717) is 14.9 Å². The summed E-state index contributed by atoms with van der Waals surface area (Å²) in [5.74, 6) is -0.949. The van der Waals surface area contributed by atoms with Crippen molar-refractivity contribution < 1.29 is 14.3 Å². The smallest absolute Gasteiger partial charge is 0.349 e. The normalized spacial score (nSPS) is 11.9. The van der Waals surface area contributed by atoms with Gasteiger partial charge in [-0.3, -0.25) is 4.79 Å². The van der Waals surface area contributed by atoms with Crippen LogP contribution in [0.4, 0.5) is 5.69 Å². The van der Waals surface area contributed by atoms with Gasteiger partial charge in [-0.1, -0.05) is 48.0 Å². The van der Waals surface area contributed by atoms with Gasteiger partial charge in [0.15, 0.2) is 6.10 Å². The van der Waals surface area contributed by atoms with E-state index < -0.39 is 12.1 Å². The van der Waals surface area contributed by atoms with Crippen LogP contribution in [0.25, 0.3) is 10.8 Å². The Balaban J connectivity index is 1.71. The van der Waals surface area contributed by atoms with Crippen molar-refractivity contribution in [2.75, 3.05) is 5.32 Å². The SMILES string of the molecule is CC(OC(=O)c1ccc(Cl)s1)C(=O)Nc1cccc2ccccc12. The van der Waals surface area contributed by atoms with E-state index in [1.807, 2.05) is 42.5 Å². The highest BCUT2D eigenvalue weighted by Gasteiger charge is 2.20. The topological polar surface area (TPSA) is 55.4 Å². The molecule has 24 heavy (non-hydrogen) atoms. The number of ether oxygens (including phenoxy) is 1. The molecule has 0 spiro atoms. The molecule has 0 radical (unpaired) electrons. The van der Waals surface area contributed by atoms with Crippen molar-refractivity contribution in [3.63, 3.8) is 0 Å². The second kappa shape index (κ2) is 7.03. The van der Waals surface area contributed by atoms with Gasteiger partial charge in [0.05, 0.1) is 4.34 Å². The second-order valence-corrected chi connectivity index (χ2v) is 6.88. The lowest BCUT2D eigenvalue weighted by molar-refractivity contribution is -0.123. The zero-order valence-corrected chi connectivity index (χ0v) is 14.4. The summed E-state index contributed by atoms with van der Waals surface area (Å²) in [5, 5.41) is 4.76. The lowest BCUT2D eigenvalue weighted by Crippen LogP contribution is -2.29. The molecule has 0 saturated carbocycles. The number of amides is 1. The average Bonchev–Trinajstić information content (AvgIpc) is 3.01. The summed E-state index contributed by atoms with van der Waals surface area (Å²) < 4.78 is 5.69. The summed E-state index contributed by atoms with van der Waals surface area (Å²) in [6, 6.07) is 16.6. The third-order valence-electron chi connectivity index (χ3n) is 3.47. The Morgan fingerprint density at radius 3 is 2.58 bits per heavy atom. The number of hydrogen-bond acceptors (Lipinski definition) is 4. The number of nitrogens with one attached hydrogen (secondary N) is 1. The highest BCUT2D eigenvalue weighted by molar-refractivity contribution is 7.17. The van der Waals surface area contributed by atoms with Crippen LogP contribution in [0.3, 0.4) is 0 Å². The Hall–Kier alpha value is -2.37. The number of fused-ring (bicyclic) bond motifs is 1. The van der Waals surface area contributed by atoms with Gasteiger partial charge >= 0.3 is 5.97 Å². The molecule has 1 aromatic heterocycles. The highest BCUT2D eigenvalue weighted by Crippen LogP contribution is 2.24. The van der Waals surface area contributed by atoms with Crippen molar-refractivity contribution in [1.29, 1.82) is 0 Å². The van der Waals surface area contributed by atoms with Gasteiger partial charge < -0.3 is 10.1 Å². The molecule has 1 atom stereocenters. The Labute approximate surface area is 148 Å². The Kier molecular flexibility index (Phi) is 4.83. The first-order valence-electron chi connectivity index (χ1n) is 7.29. The molecule has 0 bridgehead atoms. The van der Waals surface area contributed by atoms with Gasteiger partial charge in [0, 0.05) is 11.1 Å². The minimum absolute atomic E-state index is 0.366. The zero-order chi connectivity index (χ0) is 17.1. The minimum atomic E-state index is -0.919. The molecule has 1 heterocycles. The fourth-order valence-corrected chi connectivity index (χ4v) is 3.19. The number of hydrogen-bond donors (Lipinski definition) is 1. The van der Waals surface area contributed by atoms with Crippen molar-refractivity contribution in [3.8, 4) is 0 Å². The van der Waals surface area contributed by atoms with Crippen molar-refractivity contribution in [1.82, 2.24) is 0 Å². The van der Waals surface area contributed by atoms with Crippen molar-refractivity contribution >= 4 is 51.3 Å². The van der Waals surface area contributed by atoms with E-state index in [9.17, 15) is 9.59 Å². The van der Waals surface area contributed by atoms with E-state index in [0.717, 1.165) is 22.1 Å². The molecule has 3 rings (SSSR count). The largest absolute Gasteiger partial charge is 0.448 e. The van der Waals surface area contributed by atoms with E-state index in [-0.39, 0.29) is 5.91 Å². The van der Waals surface area contributed by atoms with Crippen LogP contribution in [0.15, 0.2) is 54.6 Å². The Morgan fingerprint density at radius 2 is 1.83 bits per heavy atom. The van der Waals surface area contributed by atoms with Gasteiger partial charge in [-0.05, 0) is 30.5 Å². The number of rotatable bonds is 4. The quantitative estimate of drug-likeness (QED) is 0.684. The molecular weight excluding hydrogens is 346 g/mol. The van der Waals surface area contributed by atoms with Crippen LogP contribution < -0.4 is 5.32 Å².